The number of nitrogens with one attached hydrogen (secondary N) is 2. The van der Waals surface area contributed by atoms with Gasteiger partial charge in [0.05, 0.1) is 4.34 Å². The molecule has 0 saturated carbocycles. The summed E-state index contributed by atoms with van der Waals surface area (Å²) in [4.78, 5) is 1.09. The third-order valence-corrected chi connectivity index (χ3v) is 5.61. The van der Waals surface area contributed by atoms with Crippen LogP contribution in [-0.2, 0) is 16.6 Å². The van der Waals surface area contributed by atoms with E-state index in [1.807, 2.05) is 12.1 Å². The van der Waals surface area contributed by atoms with Gasteiger partial charge in [0.15, 0.2) is 0 Å². The lowest BCUT2D eigenvalue weighted by molar-refractivity contribution is 0.355. The molecule has 0 bridgehead atoms. The smallest absolute Gasteiger partial charge is 0.279 e. The maximum atomic E-state index is 11.9. The van der Waals surface area contributed by atoms with Gasteiger partial charge in [0.25, 0.3) is 10.2 Å². The Hall–Kier alpha value is -0.180. The Morgan fingerprint density at radius 1 is 1.39 bits per heavy atom. The first kappa shape index (κ1) is 14.2. The van der Waals surface area contributed by atoms with Gasteiger partial charge in [-0.05, 0) is 18.6 Å². The highest BCUT2D eigenvalue weighted by molar-refractivity contribution is 7.87. The molecular weight excluding hydrogens is 294 g/mol. The highest BCUT2D eigenvalue weighted by atomic mass is 35.5. The average molecular weight is 310 g/mol. The Labute approximate surface area is 116 Å². The molecule has 1 fully saturated rings. The molecule has 1 aliphatic heterocycles. The van der Waals surface area contributed by atoms with Gasteiger partial charge in [0.1, 0.15) is 0 Å². The van der Waals surface area contributed by atoms with Crippen molar-refractivity contribution in [2.24, 2.45) is 0 Å². The van der Waals surface area contributed by atoms with Crippen LogP contribution in [0.5, 0.6) is 0 Å². The summed E-state index contributed by atoms with van der Waals surface area (Å²) in [7, 11) is -3.33. The van der Waals surface area contributed by atoms with Gasteiger partial charge >= 0.3 is 0 Å². The molecule has 1 aromatic rings. The van der Waals surface area contributed by atoms with Gasteiger partial charge in [-0.1, -0.05) is 11.6 Å². The van der Waals surface area contributed by atoms with Crippen LogP contribution in [0.4, 0.5) is 0 Å². The predicted octanol–water partition coefficient (Wildman–Crippen LogP) is 0.684. The predicted molar refractivity (Wildman–Crippen MR) is 74.4 cm³/mol. The summed E-state index contributed by atoms with van der Waals surface area (Å²) in [6.07, 6.45) is 0.669. The van der Waals surface area contributed by atoms with Gasteiger partial charge in [-0.2, -0.15) is 12.7 Å². The van der Waals surface area contributed by atoms with E-state index in [-0.39, 0.29) is 0 Å². The zero-order valence-corrected chi connectivity index (χ0v) is 12.2. The minimum absolute atomic E-state index is 0.406. The summed E-state index contributed by atoms with van der Waals surface area (Å²) < 4.78 is 28.7. The molecular formula is C10H16ClN3O2S2. The number of nitrogens with zero attached hydrogens (tertiary/aromatic N) is 1. The highest BCUT2D eigenvalue weighted by Gasteiger charge is 2.22. The molecule has 1 aromatic heterocycles. The molecule has 5 nitrogen and oxygen atoms in total. The lowest BCUT2D eigenvalue weighted by atomic mass is 10.3. The van der Waals surface area contributed by atoms with E-state index in [4.69, 9.17) is 11.6 Å². The third-order valence-electron chi connectivity index (χ3n) is 2.70. The lowest BCUT2D eigenvalue weighted by Crippen LogP contribution is -2.50. The molecule has 0 atom stereocenters. The van der Waals surface area contributed by atoms with Crippen LogP contribution in [0.1, 0.15) is 4.88 Å². The first-order valence-electron chi connectivity index (χ1n) is 5.77. The highest BCUT2D eigenvalue weighted by Crippen LogP contribution is 2.21. The van der Waals surface area contributed by atoms with Crippen molar-refractivity contribution in [1.29, 1.82) is 0 Å². The van der Waals surface area contributed by atoms with Gasteiger partial charge in [0.2, 0.25) is 0 Å². The van der Waals surface area contributed by atoms with Gasteiger partial charge in [-0.3, -0.25) is 0 Å². The van der Waals surface area contributed by atoms with Gasteiger partial charge in [-0.15, -0.1) is 11.3 Å². The monoisotopic (exact) mass is 309 g/mol. The fourth-order valence-electron chi connectivity index (χ4n) is 1.77. The van der Waals surface area contributed by atoms with Crippen molar-refractivity contribution in [3.8, 4) is 0 Å². The summed E-state index contributed by atoms with van der Waals surface area (Å²) in [5, 5.41) is 3.12. The Bertz CT molecular complexity index is 483. The molecule has 1 saturated heterocycles. The normalized spacial score (nSPS) is 18.1. The van der Waals surface area contributed by atoms with Crippen LogP contribution in [0.25, 0.3) is 0 Å². The van der Waals surface area contributed by atoms with Crippen LogP contribution in [0.15, 0.2) is 12.1 Å². The number of hydrogen-bond acceptors (Lipinski definition) is 4. The van der Waals surface area contributed by atoms with Crippen LogP contribution in [-0.4, -0.2) is 45.4 Å². The molecule has 2 N–H and O–H groups in total. The van der Waals surface area contributed by atoms with Gasteiger partial charge in [-0.25, -0.2) is 4.72 Å². The van der Waals surface area contributed by atoms with Crippen LogP contribution in [0.3, 0.4) is 0 Å². The van der Waals surface area contributed by atoms with Crippen molar-refractivity contribution < 1.29 is 8.42 Å². The molecule has 102 valence electrons. The second-order valence-electron chi connectivity index (χ2n) is 4.00. The van der Waals surface area contributed by atoms with Crippen molar-refractivity contribution in [3.63, 3.8) is 0 Å². The minimum atomic E-state index is -3.33. The fourth-order valence-corrected chi connectivity index (χ4v) is 4.06. The number of hydrogen-bond donors (Lipinski definition) is 2. The van der Waals surface area contributed by atoms with E-state index in [9.17, 15) is 8.42 Å². The van der Waals surface area contributed by atoms with E-state index in [1.165, 1.54) is 15.6 Å². The summed E-state index contributed by atoms with van der Waals surface area (Å²) in [5.41, 5.74) is 0. The molecule has 0 spiro atoms. The Morgan fingerprint density at radius 3 is 2.72 bits per heavy atom. The van der Waals surface area contributed by atoms with Crippen LogP contribution in [0.2, 0.25) is 4.34 Å². The molecule has 2 heterocycles. The lowest BCUT2D eigenvalue weighted by Gasteiger charge is -2.26. The van der Waals surface area contributed by atoms with Crippen LogP contribution in [0, 0.1) is 0 Å². The van der Waals surface area contributed by atoms with E-state index in [1.54, 1.807) is 0 Å². The molecule has 1 aliphatic rings. The van der Waals surface area contributed by atoms with E-state index in [2.05, 4.69) is 10.0 Å². The minimum Gasteiger partial charge on any atom is -0.314 e. The average Bonchev–Trinajstić information content (AvgIpc) is 2.76. The SMILES string of the molecule is O=S(=O)(NCCc1ccc(Cl)s1)N1CCNCC1. The van der Waals surface area contributed by atoms with Crippen molar-refractivity contribution >= 4 is 33.1 Å². The molecule has 18 heavy (non-hydrogen) atoms. The Morgan fingerprint density at radius 2 is 2.11 bits per heavy atom. The van der Waals surface area contributed by atoms with E-state index >= 15 is 0 Å². The largest absolute Gasteiger partial charge is 0.314 e. The molecule has 2 rings (SSSR count). The van der Waals surface area contributed by atoms with Crippen molar-refractivity contribution in [3.05, 3.63) is 21.3 Å². The fraction of sp³-hybridized carbons (Fsp3) is 0.600. The quantitative estimate of drug-likeness (QED) is 0.841. The van der Waals surface area contributed by atoms with E-state index < -0.39 is 10.2 Å². The molecule has 0 aliphatic carbocycles. The summed E-state index contributed by atoms with van der Waals surface area (Å²) in [5.74, 6) is 0. The van der Waals surface area contributed by atoms with Gasteiger partial charge < -0.3 is 5.32 Å². The van der Waals surface area contributed by atoms with E-state index in [0.717, 1.165) is 9.21 Å². The topological polar surface area (TPSA) is 61.4 Å². The van der Waals surface area contributed by atoms with Crippen molar-refractivity contribution in [1.82, 2.24) is 14.3 Å². The van der Waals surface area contributed by atoms with Crippen LogP contribution >= 0.6 is 22.9 Å². The maximum Gasteiger partial charge on any atom is 0.279 e. The van der Waals surface area contributed by atoms with Crippen LogP contribution < -0.4 is 10.0 Å². The number of piperazine rings is 1. The summed E-state index contributed by atoms with van der Waals surface area (Å²) in [6, 6.07) is 3.75. The summed E-state index contributed by atoms with van der Waals surface area (Å²) >= 11 is 7.30. The van der Waals surface area contributed by atoms with Crippen molar-refractivity contribution in [2.75, 3.05) is 32.7 Å². The first-order chi connectivity index (χ1) is 8.58. The van der Waals surface area contributed by atoms with E-state index in [0.29, 0.717) is 39.1 Å². The zero-order chi connectivity index (χ0) is 13.0. The Balaban J connectivity index is 1.81. The van der Waals surface area contributed by atoms with Crippen molar-refractivity contribution in [2.45, 2.75) is 6.42 Å². The molecule has 0 unspecified atom stereocenters. The molecule has 0 amide bonds. The molecule has 0 radical (unpaired) electrons. The first-order valence-corrected chi connectivity index (χ1v) is 8.41. The third kappa shape index (κ3) is 3.91. The second kappa shape index (κ2) is 6.31. The maximum absolute atomic E-state index is 11.9. The number of rotatable bonds is 5. The number of halogens is 1. The zero-order valence-electron chi connectivity index (χ0n) is 9.86. The standard InChI is InChI=1S/C10H16ClN3O2S2/c11-10-2-1-9(17-10)3-4-13-18(15,16)14-7-5-12-6-8-14/h1-2,12-13H,3-8H2. The summed E-state index contributed by atoms with van der Waals surface area (Å²) in [6.45, 7) is 2.88. The van der Waals surface area contributed by atoms with Gasteiger partial charge in [0, 0.05) is 37.6 Å². The second-order valence-corrected chi connectivity index (χ2v) is 7.56. The molecule has 8 heteroatoms. The Kier molecular flexibility index (Phi) is 4.99. The molecule has 0 aromatic carbocycles. The number of thiophene rings is 1.